The number of hydrogen-bond acceptors (Lipinski definition) is 3. The van der Waals surface area contributed by atoms with Gasteiger partial charge in [-0.05, 0) is 43.9 Å². The summed E-state index contributed by atoms with van der Waals surface area (Å²) in [7, 11) is 0. The number of ether oxygens (including phenoxy) is 1. The van der Waals surface area contributed by atoms with Gasteiger partial charge in [0.2, 0.25) is 0 Å². The van der Waals surface area contributed by atoms with E-state index < -0.39 is 6.09 Å². The average Bonchev–Trinajstić information content (AvgIpc) is 2.37. The molecule has 0 heterocycles. The van der Waals surface area contributed by atoms with Gasteiger partial charge in [-0.15, -0.1) is 0 Å². The lowest BCUT2D eigenvalue weighted by Crippen LogP contribution is -2.41. The predicted molar refractivity (Wildman–Crippen MR) is 76.5 cm³/mol. The summed E-state index contributed by atoms with van der Waals surface area (Å²) in [6.07, 6.45) is 3.26. The molecular formula is C14H19ClN2O2. The number of carbonyl (C=O) groups excluding carboxylic acids is 1. The van der Waals surface area contributed by atoms with E-state index in [1.165, 1.54) is 0 Å². The van der Waals surface area contributed by atoms with Crippen LogP contribution in [0.5, 0.6) is 0 Å². The second-order valence-corrected chi connectivity index (χ2v) is 5.39. The normalized spacial score (nSPS) is 22.9. The SMILES string of the molecule is Cc1ccc(NC(=O)OC2CCCCC2N)cc1Cl. The lowest BCUT2D eigenvalue weighted by molar-refractivity contribution is 0.0728. The van der Waals surface area contributed by atoms with Gasteiger partial charge in [0.15, 0.2) is 0 Å². The molecule has 1 aliphatic rings. The van der Waals surface area contributed by atoms with Crippen molar-refractivity contribution in [3.8, 4) is 0 Å². The molecule has 1 aromatic carbocycles. The Bertz CT molecular complexity index is 465. The van der Waals surface area contributed by atoms with Gasteiger partial charge in [-0.1, -0.05) is 24.1 Å². The minimum Gasteiger partial charge on any atom is -0.444 e. The molecule has 3 N–H and O–H groups in total. The molecule has 1 saturated carbocycles. The summed E-state index contributed by atoms with van der Waals surface area (Å²) in [5.41, 5.74) is 7.54. The molecule has 19 heavy (non-hydrogen) atoms. The van der Waals surface area contributed by atoms with Gasteiger partial charge >= 0.3 is 6.09 Å². The van der Waals surface area contributed by atoms with Crippen molar-refractivity contribution in [2.24, 2.45) is 5.73 Å². The number of hydrogen-bond donors (Lipinski definition) is 2. The van der Waals surface area contributed by atoms with Crippen LogP contribution in [0.15, 0.2) is 18.2 Å². The molecule has 0 bridgehead atoms. The van der Waals surface area contributed by atoms with Gasteiger partial charge in [-0.3, -0.25) is 5.32 Å². The molecule has 0 spiro atoms. The van der Waals surface area contributed by atoms with Crippen LogP contribution in [0.25, 0.3) is 0 Å². The minimum absolute atomic E-state index is 0.0545. The summed E-state index contributed by atoms with van der Waals surface area (Å²) in [6.45, 7) is 1.91. The van der Waals surface area contributed by atoms with Gasteiger partial charge in [-0.2, -0.15) is 0 Å². The van der Waals surface area contributed by atoms with Gasteiger partial charge in [-0.25, -0.2) is 4.79 Å². The zero-order valence-electron chi connectivity index (χ0n) is 11.0. The van der Waals surface area contributed by atoms with Crippen molar-refractivity contribution in [1.29, 1.82) is 0 Å². The van der Waals surface area contributed by atoms with Crippen molar-refractivity contribution in [1.82, 2.24) is 0 Å². The first-order valence-electron chi connectivity index (χ1n) is 6.55. The van der Waals surface area contributed by atoms with Crippen LogP contribution in [0.3, 0.4) is 0 Å². The van der Waals surface area contributed by atoms with Crippen LogP contribution in [0.1, 0.15) is 31.2 Å². The summed E-state index contributed by atoms with van der Waals surface area (Å²) in [5.74, 6) is 0. The van der Waals surface area contributed by atoms with Gasteiger partial charge in [0.25, 0.3) is 0 Å². The summed E-state index contributed by atoms with van der Waals surface area (Å²) < 4.78 is 5.36. The standard InChI is InChI=1S/C14H19ClN2O2/c1-9-6-7-10(8-11(9)15)17-14(18)19-13-5-3-2-4-12(13)16/h6-8,12-13H,2-5,16H2,1H3,(H,17,18). The summed E-state index contributed by atoms with van der Waals surface area (Å²) in [4.78, 5) is 11.8. The minimum atomic E-state index is -0.470. The number of rotatable bonds is 2. The van der Waals surface area contributed by atoms with Crippen molar-refractivity contribution in [3.63, 3.8) is 0 Å². The highest BCUT2D eigenvalue weighted by atomic mass is 35.5. The number of amides is 1. The van der Waals surface area contributed by atoms with Crippen LogP contribution in [-0.2, 0) is 4.74 Å². The van der Waals surface area contributed by atoms with Crippen molar-refractivity contribution >= 4 is 23.4 Å². The molecule has 1 aliphatic carbocycles. The number of nitrogens with two attached hydrogens (primary N) is 1. The molecule has 5 heteroatoms. The van der Waals surface area contributed by atoms with E-state index in [0.717, 1.165) is 31.2 Å². The number of aryl methyl sites for hydroxylation is 1. The van der Waals surface area contributed by atoms with Gasteiger partial charge in [0, 0.05) is 16.8 Å². The Balaban J connectivity index is 1.91. The number of benzene rings is 1. The first-order chi connectivity index (χ1) is 9.06. The van der Waals surface area contributed by atoms with E-state index >= 15 is 0 Å². The Kier molecular flexibility index (Phi) is 4.66. The van der Waals surface area contributed by atoms with Crippen LogP contribution in [-0.4, -0.2) is 18.2 Å². The Morgan fingerprint density at radius 1 is 1.42 bits per heavy atom. The molecule has 0 radical (unpaired) electrons. The average molecular weight is 283 g/mol. The molecule has 2 unspecified atom stereocenters. The first-order valence-corrected chi connectivity index (χ1v) is 6.93. The molecule has 2 rings (SSSR count). The maximum atomic E-state index is 11.8. The third-order valence-electron chi connectivity index (χ3n) is 3.43. The Morgan fingerprint density at radius 2 is 2.16 bits per heavy atom. The Hall–Kier alpha value is -1.26. The van der Waals surface area contributed by atoms with E-state index in [4.69, 9.17) is 22.1 Å². The summed E-state index contributed by atoms with van der Waals surface area (Å²) >= 11 is 6.00. The van der Waals surface area contributed by atoms with E-state index in [9.17, 15) is 4.79 Å². The highest BCUT2D eigenvalue weighted by Gasteiger charge is 2.25. The number of anilines is 1. The quantitative estimate of drug-likeness (QED) is 0.873. The molecular weight excluding hydrogens is 264 g/mol. The van der Waals surface area contributed by atoms with Gasteiger partial charge < -0.3 is 10.5 Å². The predicted octanol–water partition coefficient (Wildman–Crippen LogP) is 3.47. The van der Waals surface area contributed by atoms with E-state index in [-0.39, 0.29) is 12.1 Å². The molecule has 0 aromatic heterocycles. The van der Waals surface area contributed by atoms with Crippen molar-refractivity contribution in [2.75, 3.05) is 5.32 Å². The smallest absolute Gasteiger partial charge is 0.411 e. The fourth-order valence-corrected chi connectivity index (χ4v) is 2.41. The molecule has 0 aliphatic heterocycles. The maximum Gasteiger partial charge on any atom is 0.411 e. The monoisotopic (exact) mass is 282 g/mol. The molecule has 104 valence electrons. The Labute approximate surface area is 118 Å². The molecule has 2 atom stereocenters. The van der Waals surface area contributed by atoms with Gasteiger partial charge in [0.05, 0.1) is 0 Å². The zero-order valence-corrected chi connectivity index (χ0v) is 11.7. The topological polar surface area (TPSA) is 64.3 Å². The van der Waals surface area contributed by atoms with Crippen molar-refractivity contribution < 1.29 is 9.53 Å². The van der Waals surface area contributed by atoms with Gasteiger partial charge in [0.1, 0.15) is 6.10 Å². The number of nitrogens with one attached hydrogen (secondary N) is 1. The molecule has 1 amide bonds. The van der Waals surface area contributed by atoms with E-state index in [1.54, 1.807) is 12.1 Å². The van der Waals surface area contributed by atoms with Crippen LogP contribution in [0, 0.1) is 6.92 Å². The molecule has 1 fully saturated rings. The third-order valence-corrected chi connectivity index (χ3v) is 3.84. The Morgan fingerprint density at radius 3 is 2.84 bits per heavy atom. The second kappa shape index (κ2) is 6.26. The van der Waals surface area contributed by atoms with Crippen LogP contribution >= 0.6 is 11.6 Å². The lowest BCUT2D eigenvalue weighted by atomic mass is 9.93. The zero-order chi connectivity index (χ0) is 13.8. The third kappa shape index (κ3) is 3.85. The van der Waals surface area contributed by atoms with Crippen LogP contribution < -0.4 is 11.1 Å². The number of carbonyl (C=O) groups is 1. The van der Waals surface area contributed by atoms with Crippen LogP contribution in [0.2, 0.25) is 5.02 Å². The summed E-state index contributed by atoms with van der Waals surface area (Å²) in [6, 6.07) is 5.30. The maximum absolute atomic E-state index is 11.8. The van der Waals surface area contributed by atoms with Crippen molar-refractivity contribution in [2.45, 2.75) is 44.8 Å². The van der Waals surface area contributed by atoms with E-state index in [1.807, 2.05) is 13.0 Å². The van der Waals surface area contributed by atoms with Crippen molar-refractivity contribution in [3.05, 3.63) is 28.8 Å². The second-order valence-electron chi connectivity index (χ2n) is 4.98. The largest absolute Gasteiger partial charge is 0.444 e. The molecule has 4 nitrogen and oxygen atoms in total. The first kappa shape index (κ1) is 14.2. The van der Waals surface area contributed by atoms with E-state index in [0.29, 0.717) is 10.7 Å². The highest BCUT2D eigenvalue weighted by molar-refractivity contribution is 6.31. The fourth-order valence-electron chi connectivity index (χ4n) is 2.23. The number of halogens is 1. The fraction of sp³-hybridized carbons (Fsp3) is 0.500. The molecule has 1 aromatic rings. The summed E-state index contributed by atoms with van der Waals surface area (Å²) in [5, 5.41) is 3.29. The lowest BCUT2D eigenvalue weighted by Gasteiger charge is -2.28. The van der Waals surface area contributed by atoms with E-state index in [2.05, 4.69) is 5.32 Å². The molecule has 0 saturated heterocycles. The highest BCUT2D eigenvalue weighted by Crippen LogP contribution is 2.22. The van der Waals surface area contributed by atoms with Crippen LogP contribution in [0.4, 0.5) is 10.5 Å².